The standard InChI is InChI=1S/C6H7NO2/c1-3-4-5(9-2)6(7)8/h1,4H,2H3,(H2,7,8)/b5-4-. The number of rotatable bonds is 2. The lowest BCUT2D eigenvalue weighted by molar-refractivity contribution is -0.117. The van der Waals surface area contributed by atoms with Gasteiger partial charge in [0.15, 0.2) is 5.76 Å². The average Bonchev–Trinajstić information content (AvgIpc) is 1.82. The smallest absolute Gasteiger partial charge is 0.284 e. The van der Waals surface area contributed by atoms with Gasteiger partial charge in [0.05, 0.1) is 7.11 Å². The molecule has 0 aliphatic heterocycles. The van der Waals surface area contributed by atoms with Gasteiger partial charge in [0.1, 0.15) is 0 Å². The lowest BCUT2D eigenvalue weighted by Crippen LogP contribution is -2.14. The van der Waals surface area contributed by atoms with Gasteiger partial charge in [-0.2, -0.15) is 0 Å². The quantitative estimate of drug-likeness (QED) is 0.311. The first kappa shape index (κ1) is 7.57. The molecule has 0 saturated carbocycles. The van der Waals surface area contributed by atoms with Crippen LogP contribution in [0, 0.1) is 12.3 Å². The molecule has 0 aromatic carbocycles. The van der Waals surface area contributed by atoms with Crippen molar-refractivity contribution in [2.24, 2.45) is 5.73 Å². The molecule has 0 atom stereocenters. The maximum atomic E-state index is 10.3. The van der Waals surface area contributed by atoms with E-state index >= 15 is 0 Å². The van der Waals surface area contributed by atoms with Crippen LogP contribution in [0.4, 0.5) is 0 Å². The average molecular weight is 125 g/mol. The number of allylic oxidation sites excluding steroid dienone is 1. The summed E-state index contributed by atoms with van der Waals surface area (Å²) < 4.78 is 4.50. The number of carbonyl (C=O) groups is 1. The molecule has 0 aliphatic carbocycles. The van der Waals surface area contributed by atoms with Gasteiger partial charge in [-0.25, -0.2) is 0 Å². The van der Waals surface area contributed by atoms with Crippen LogP contribution in [-0.4, -0.2) is 13.0 Å². The van der Waals surface area contributed by atoms with Gasteiger partial charge in [0.25, 0.3) is 5.91 Å². The number of amides is 1. The first-order valence-electron chi connectivity index (χ1n) is 2.22. The van der Waals surface area contributed by atoms with Crippen molar-refractivity contribution in [2.45, 2.75) is 0 Å². The number of hydrogen-bond donors (Lipinski definition) is 1. The fraction of sp³-hybridized carbons (Fsp3) is 0.167. The summed E-state index contributed by atoms with van der Waals surface area (Å²) in [6.07, 6.45) is 6.00. The highest BCUT2D eigenvalue weighted by Gasteiger charge is 2.00. The molecule has 0 aromatic rings. The fourth-order valence-electron chi connectivity index (χ4n) is 0.306. The Morgan fingerprint density at radius 3 is 2.56 bits per heavy atom. The molecule has 0 bridgehead atoms. The Labute approximate surface area is 53.5 Å². The van der Waals surface area contributed by atoms with Crippen molar-refractivity contribution in [3.63, 3.8) is 0 Å². The maximum absolute atomic E-state index is 10.3. The van der Waals surface area contributed by atoms with E-state index in [2.05, 4.69) is 10.7 Å². The number of terminal acetylenes is 1. The van der Waals surface area contributed by atoms with Gasteiger partial charge in [-0.1, -0.05) is 5.92 Å². The van der Waals surface area contributed by atoms with E-state index in [0.717, 1.165) is 0 Å². The van der Waals surface area contributed by atoms with Crippen molar-refractivity contribution in [3.05, 3.63) is 11.8 Å². The zero-order valence-electron chi connectivity index (χ0n) is 5.05. The number of primary amides is 1. The predicted octanol–water partition coefficient (Wildman–Crippen LogP) is -0.365. The van der Waals surface area contributed by atoms with E-state index in [1.165, 1.54) is 13.2 Å². The largest absolute Gasteiger partial charge is 0.491 e. The van der Waals surface area contributed by atoms with E-state index in [-0.39, 0.29) is 5.76 Å². The van der Waals surface area contributed by atoms with Crippen LogP contribution in [0.2, 0.25) is 0 Å². The lowest BCUT2D eigenvalue weighted by Gasteiger charge is -1.95. The monoisotopic (exact) mass is 125 g/mol. The van der Waals surface area contributed by atoms with Crippen molar-refractivity contribution >= 4 is 5.91 Å². The molecule has 0 spiro atoms. The van der Waals surface area contributed by atoms with E-state index in [9.17, 15) is 4.79 Å². The summed E-state index contributed by atoms with van der Waals surface area (Å²) in [4.78, 5) is 10.3. The molecular weight excluding hydrogens is 118 g/mol. The number of ether oxygens (including phenoxy) is 1. The zero-order chi connectivity index (χ0) is 7.28. The second-order valence-corrected chi connectivity index (χ2v) is 1.24. The van der Waals surface area contributed by atoms with Crippen LogP contribution in [-0.2, 0) is 9.53 Å². The van der Waals surface area contributed by atoms with Crippen molar-refractivity contribution in [3.8, 4) is 12.3 Å². The molecule has 48 valence electrons. The van der Waals surface area contributed by atoms with Gasteiger partial charge in [-0.15, -0.1) is 6.42 Å². The third-order valence-electron chi connectivity index (χ3n) is 0.677. The Hall–Kier alpha value is -1.43. The van der Waals surface area contributed by atoms with Crippen LogP contribution >= 0.6 is 0 Å². The number of nitrogens with two attached hydrogens (primary N) is 1. The molecule has 2 N–H and O–H groups in total. The fourth-order valence-corrected chi connectivity index (χ4v) is 0.306. The summed E-state index contributed by atoms with van der Waals surface area (Å²) in [6.45, 7) is 0. The third kappa shape index (κ3) is 2.39. The minimum atomic E-state index is -0.657. The van der Waals surface area contributed by atoms with E-state index in [1.807, 2.05) is 0 Å². The van der Waals surface area contributed by atoms with E-state index in [4.69, 9.17) is 12.2 Å². The molecule has 0 aromatic heterocycles. The minimum absolute atomic E-state index is 0.00231. The minimum Gasteiger partial charge on any atom is -0.491 e. The molecular formula is C6H7NO2. The third-order valence-corrected chi connectivity index (χ3v) is 0.677. The highest BCUT2D eigenvalue weighted by atomic mass is 16.5. The second kappa shape index (κ2) is 3.56. The lowest BCUT2D eigenvalue weighted by atomic mass is 10.4. The SMILES string of the molecule is C#C/C=C(\OC)C(N)=O. The molecule has 0 aliphatic rings. The summed E-state index contributed by atoms with van der Waals surface area (Å²) in [5, 5.41) is 0. The summed E-state index contributed by atoms with van der Waals surface area (Å²) in [6, 6.07) is 0. The number of hydrogen-bond acceptors (Lipinski definition) is 2. The van der Waals surface area contributed by atoms with Gasteiger partial charge in [0.2, 0.25) is 0 Å². The molecule has 0 radical (unpaired) electrons. The van der Waals surface area contributed by atoms with Gasteiger partial charge >= 0.3 is 0 Å². The molecule has 1 amide bonds. The van der Waals surface area contributed by atoms with Crippen molar-refractivity contribution < 1.29 is 9.53 Å². The summed E-state index contributed by atoms with van der Waals surface area (Å²) in [7, 11) is 1.33. The first-order chi connectivity index (χ1) is 4.22. The van der Waals surface area contributed by atoms with Crippen molar-refractivity contribution in [2.75, 3.05) is 7.11 Å². The predicted molar refractivity (Wildman–Crippen MR) is 33.1 cm³/mol. The molecule has 3 heteroatoms. The van der Waals surface area contributed by atoms with Crippen molar-refractivity contribution in [1.82, 2.24) is 0 Å². The number of methoxy groups -OCH3 is 1. The first-order valence-corrected chi connectivity index (χ1v) is 2.22. The van der Waals surface area contributed by atoms with Gasteiger partial charge in [-0.3, -0.25) is 4.79 Å². The Morgan fingerprint density at radius 1 is 1.89 bits per heavy atom. The van der Waals surface area contributed by atoms with Crippen LogP contribution < -0.4 is 5.73 Å². The summed E-state index contributed by atoms with van der Waals surface area (Å²) in [5.74, 6) is 1.45. The molecule has 0 fully saturated rings. The molecule has 0 rings (SSSR count). The van der Waals surface area contributed by atoms with Gasteiger partial charge in [0, 0.05) is 6.08 Å². The Kier molecular flexibility index (Phi) is 2.99. The van der Waals surface area contributed by atoms with Crippen LogP contribution in [0.5, 0.6) is 0 Å². The van der Waals surface area contributed by atoms with E-state index in [0.29, 0.717) is 0 Å². The van der Waals surface area contributed by atoms with Gasteiger partial charge < -0.3 is 10.5 Å². The molecule has 0 saturated heterocycles. The Bertz CT molecular complexity index is 176. The van der Waals surface area contributed by atoms with Gasteiger partial charge in [-0.05, 0) is 0 Å². The van der Waals surface area contributed by atoms with Crippen LogP contribution in [0.3, 0.4) is 0 Å². The van der Waals surface area contributed by atoms with Crippen LogP contribution in [0.15, 0.2) is 11.8 Å². The maximum Gasteiger partial charge on any atom is 0.284 e. The number of carbonyl (C=O) groups excluding carboxylic acids is 1. The zero-order valence-corrected chi connectivity index (χ0v) is 5.05. The summed E-state index contributed by atoms with van der Waals surface area (Å²) >= 11 is 0. The highest BCUT2D eigenvalue weighted by molar-refractivity contribution is 5.90. The normalized spacial score (nSPS) is 10.0. The van der Waals surface area contributed by atoms with Crippen LogP contribution in [0.25, 0.3) is 0 Å². The molecule has 0 heterocycles. The molecule has 0 unspecified atom stereocenters. The Balaban J connectivity index is 4.20. The van der Waals surface area contributed by atoms with Crippen LogP contribution in [0.1, 0.15) is 0 Å². The molecule has 9 heavy (non-hydrogen) atoms. The Morgan fingerprint density at radius 2 is 2.44 bits per heavy atom. The van der Waals surface area contributed by atoms with Crippen molar-refractivity contribution in [1.29, 1.82) is 0 Å². The van der Waals surface area contributed by atoms with E-state index in [1.54, 1.807) is 0 Å². The van der Waals surface area contributed by atoms with E-state index < -0.39 is 5.91 Å². The topological polar surface area (TPSA) is 52.3 Å². The highest BCUT2D eigenvalue weighted by Crippen LogP contribution is 1.90. The second-order valence-electron chi connectivity index (χ2n) is 1.24. The molecule has 3 nitrogen and oxygen atoms in total. The summed E-state index contributed by atoms with van der Waals surface area (Å²) in [5.41, 5.74) is 4.81.